The van der Waals surface area contributed by atoms with Crippen molar-refractivity contribution >= 4 is 23.8 Å². The topological polar surface area (TPSA) is 119 Å². The van der Waals surface area contributed by atoms with Crippen LogP contribution < -0.4 is 0 Å². The molecule has 0 radical (unpaired) electrons. The maximum Gasteiger partial charge on any atom is 0.164 e. The van der Waals surface area contributed by atoms with Crippen molar-refractivity contribution in [2.24, 2.45) is 0 Å². The summed E-state index contributed by atoms with van der Waals surface area (Å²) in [6.07, 6.45) is -4.47. The number of pyridine rings is 1. The van der Waals surface area contributed by atoms with Crippen LogP contribution in [0.3, 0.4) is 0 Å². The maximum atomic E-state index is 10.6. The Labute approximate surface area is 183 Å². The van der Waals surface area contributed by atoms with Crippen LogP contribution in [-0.4, -0.2) is 56.0 Å². The van der Waals surface area contributed by atoms with Crippen molar-refractivity contribution in [3.63, 3.8) is 0 Å². The number of hydrogen-bond donors (Lipinski definition) is 4. The minimum atomic E-state index is -1.53. The molecule has 0 spiro atoms. The van der Waals surface area contributed by atoms with Crippen LogP contribution in [0.25, 0.3) is 11.1 Å². The van der Waals surface area contributed by atoms with E-state index in [1.807, 2.05) is 12.1 Å². The number of halogens is 1. The third-order valence-electron chi connectivity index (χ3n) is 5.83. The van der Waals surface area contributed by atoms with Crippen LogP contribution >= 0.6 is 23.8 Å². The van der Waals surface area contributed by atoms with E-state index in [1.165, 1.54) is 0 Å². The van der Waals surface area contributed by atoms with Crippen LogP contribution in [0.15, 0.2) is 24.3 Å². The Morgan fingerprint density at radius 2 is 1.83 bits per heavy atom. The van der Waals surface area contributed by atoms with Crippen LogP contribution in [0, 0.1) is 16.0 Å². The van der Waals surface area contributed by atoms with Gasteiger partial charge >= 0.3 is 0 Å². The lowest BCUT2D eigenvalue weighted by atomic mass is 9.94. The monoisotopic (exact) mass is 448 g/mol. The lowest BCUT2D eigenvalue weighted by molar-refractivity contribution is -0.252. The van der Waals surface area contributed by atoms with E-state index in [1.54, 1.807) is 16.7 Å². The first-order valence-corrected chi connectivity index (χ1v) is 10.4. The molecule has 1 aliphatic heterocycles. The van der Waals surface area contributed by atoms with Gasteiger partial charge in [0.15, 0.2) is 6.23 Å². The number of hydrogen-bond acceptors (Lipinski definition) is 7. The lowest BCUT2D eigenvalue weighted by Crippen LogP contribution is -2.56. The first-order chi connectivity index (χ1) is 14.4. The maximum absolute atomic E-state index is 10.6. The zero-order valence-corrected chi connectivity index (χ0v) is 17.5. The molecule has 2 aliphatic rings. The number of benzene rings is 1. The summed E-state index contributed by atoms with van der Waals surface area (Å²) in [6.45, 7) is -0.537. The molecule has 158 valence electrons. The average Bonchev–Trinajstić information content (AvgIpc) is 3.22. The summed E-state index contributed by atoms with van der Waals surface area (Å²) in [5.74, 6) is 0. The second-order valence-corrected chi connectivity index (χ2v) is 8.37. The molecule has 0 unspecified atom stereocenters. The van der Waals surface area contributed by atoms with Crippen molar-refractivity contribution in [3.05, 3.63) is 50.7 Å². The molecule has 5 atom stereocenters. The van der Waals surface area contributed by atoms with Crippen LogP contribution in [0.1, 0.15) is 29.5 Å². The number of aliphatic hydroxyl groups is 4. The fourth-order valence-electron chi connectivity index (χ4n) is 4.37. The van der Waals surface area contributed by atoms with Gasteiger partial charge in [0.05, 0.1) is 12.2 Å². The van der Waals surface area contributed by atoms with E-state index in [0.717, 1.165) is 35.2 Å². The van der Waals surface area contributed by atoms with Crippen molar-refractivity contribution in [2.45, 2.75) is 49.9 Å². The summed E-state index contributed by atoms with van der Waals surface area (Å²) in [5, 5.41) is 51.0. The van der Waals surface area contributed by atoms with Crippen molar-refractivity contribution < 1.29 is 25.2 Å². The Kier molecular flexibility index (Phi) is 5.97. The number of fused-ring (bicyclic) bond motifs is 1. The SMILES string of the molecule is N#Cc1c(-c2ccc(Cl)cc2)c2c(n([C@@H]3O[C@@H](CO)[C@@H](O)[C@@H](O)[C@H]3O)c1=S)CCC2. The number of nitrogens with zero attached hydrogens (tertiary/aromatic N) is 2. The van der Waals surface area contributed by atoms with Gasteiger partial charge in [-0.3, -0.25) is 0 Å². The van der Waals surface area contributed by atoms with Crippen LogP contribution in [-0.2, 0) is 17.6 Å². The summed E-state index contributed by atoms with van der Waals surface area (Å²) >= 11 is 11.7. The summed E-state index contributed by atoms with van der Waals surface area (Å²) in [7, 11) is 0. The molecule has 7 nitrogen and oxygen atoms in total. The smallest absolute Gasteiger partial charge is 0.164 e. The minimum absolute atomic E-state index is 0.174. The number of ether oxygens (including phenoxy) is 1. The van der Waals surface area contributed by atoms with Crippen LogP contribution in [0.5, 0.6) is 0 Å². The molecule has 4 N–H and O–H groups in total. The minimum Gasteiger partial charge on any atom is -0.394 e. The average molecular weight is 449 g/mol. The molecule has 30 heavy (non-hydrogen) atoms. The first kappa shape index (κ1) is 21.4. The van der Waals surface area contributed by atoms with Gasteiger partial charge in [-0.15, -0.1) is 0 Å². The standard InChI is InChI=1S/C21H21ClN2O5S/c22-11-6-4-10(5-7-11)16-12-2-1-3-14(12)24(21(30)13(16)8-23)20-19(28)18(27)17(26)15(9-25)29-20/h4-7,15,17-20,25-28H,1-3,9H2/t15-,17+,18+,19+,20+/m0/s1. The van der Waals surface area contributed by atoms with Gasteiger partial charge in [-0.05, 0) is 42.5 Å². The largest absolute Gasteiger partial charge is 0.394 e. The summed E-state index contributed by atoms with van der Waals surface area (Å²) in [6, 6.07) is 9.37. The van der Waals surface area contributed by atoms with Gasteiger partial charge in [0.1, 0.15) is 35.1 Å². The van der Waals surface area contributed by atoms with Gasteiger partial charge in [0.2, 0.25) is 0 Å². The molecule has 1 aliphatic carbocycles. The highest BCUT2D eigenvalue weighted by atomic mass is 35.5. The summed E-state index contributed by atoms with van der Waals surface area (Å²) in [5.41, 5.74) is 3.58. The molecule has 0 saturated carbocycles. The molecular formula is C21H21ClN2O5S. The van der Waals surface area contributed by atoms with Gasteiger partial charge in [0.25, 0.3) is 0 Å². The highest BCUT2D eigenvalue weighted by Crippen LogP contribution is 2.40. The summed E-state index contributed by atoms with van der Waals surface area (Å²) in [4.78, 5) is 0. The molecule has 4 rings (SSSR count). The Bertz CT molecular complexity index is 1060. The Morgan fingerprint density at radius 1 is 1.13 bits per heavy atom. The van der Waals surface area contributed by atoms with Gasteiger partial charge in [-0.2, -0.15) is 5.26 Å². The summed E-state index contributed by atoms with van der Waals surface area (Å²) < 4.78 is 7.48. The van der Waals surface area contributed by atoms with E-state index >= 15 is 0 Å². The predicted octanol–water partition coefficient (Wildman–Crippen LogP) is 1.87. The molecule has 1 aromatic carbocycles. The third kappa shape index (κ3) is 3.37. The molecule has 2 heterocycles. The van der Waals surface area contributed by atoms with E-state index in [-0.39, 0.29) is 10.2 Å². The fourth-order valence-corrected chi connectivity index (χ4v) is 4.85. The van der Waals surface area contributed by atoms with Gasteiger partial charge < -0.3 is 29.7 Å². The Hall–Kier alpha value is -1.83. The second-order valence-electron chi connectivity index (χ2n) is 7.54. The highest BCUT2D eigenvalue weighted by Gasteiger charge is 2.45. The first-order valence-electron chi connectivity index (χ1n) is 9.65. The van der Waals surface area contributed by atoms with E-state index in [0.29, 0.717) is 11.4 Å². The molecule has 0 bridgehead atoms. The Balaban J connectivity index is 1.93. The zero-order chi connectivity index (χ0) is 21.6. The second kappa shape index (κ2) is 8.36. The molecule has 0 amide bonds. The number of aromatic nitrogens is 1. The van der Waals surface area contributed by atoms with Gasteiger partial charge in [0, 0.05) is 16.3 Å². The third-order valence-corrected chi connectivity index (χ3v) is 6.48. The normalized spacial score (nSPS) is 28.2. The molecule has 1 fully saturated rings. The van der Waals surface area contributed by atoms with Crippen molar-refractivity contribution in [2.75, 3.05) is 6.61 Å². The zero-order valence-electron chi connectivity index (χ0n) is 15.9. The van der Waals surface area contributed by atoms with Crippen LogP contribution in [0.4, 0.5) is 0 Å². The Morgan fingerprint density at radius 3 is 2.47 bits per heavy atom. The molecule has 1 saturated heterocycles. The van der Waals surface area contributed by atoms with Gasteiger partial charge in [-0.1, -0.05) is 36.0 Å². The molecule has 1 aromatic heterocycles. The number of aliphatic hydroxyl groups excluding tert-OH is 4. The van der Waals surface area contributed by atoms with Gasteiger partial charge in [-0.25, -0.2) is 0 Å². The lowest BCUT2D eigenvalue weighted by Gasteiger charge is -2.41. The van der Waals surface area contributed by atoms with E-state index in [4.69, 9.17) is 28.6 Å². The quantitative estimate of drug-likeness (QED) is 0.529. The van der Waals surface area contributed by atoms with Crippen molar-refractivity contribution in [1.82, 2.24) is 4.57 Å². The molecule has 9 heteroatoms. The predicted molar refractivity (Wildman–Crippen MR) is 111 cm³/mol. The fraction of sp³-hybridized carbons (Fsp3) is 0.429. The van der Waals surface area contributed by atoms with Crippen LogP contribution in [0.2, 0.25) is 5.02 Å². The van der Waals surface area contributed by atoms with Crippen molar-refractivity contribution in [3.8, 4) is 17.2 Å². The number of nitriles is 1. The number of rotatable bonds is 3. The van der Waals surface area contributed by atoms with E-state index in [2.05, 4.69) is 6.07 Å². The highest BCUT2D eigenvalue weighted by molar-refractivity contribution is 7.71. The molecule has 2 aromatic rings. The van der Waals surface area contributed by atoms with Crippen molar-refractivity contribution in [1.29, 1.82) is 5.26 Å². The van der Waals surface area contributed by atoms with E-state index in [9.17, 15) is 25.7 Å². The van der Waals surface area contributed by atoms with E-state index < -0.39 is 37.3 Å². The molecular weight excluding hydrogens is 428 g/mol.